The average molecular weight is 401 g/mol. The monoisotopic (exact) mass is 401 g/mol. The molecule has 5 aromatic rings. The van der Waals surface area contributed by atoms with Crippen LogP contribution in [0.3, 0.4) is 0 Å². The van der Waals surface area contributed by atoms with E-state index >= 15 is 0 Å². The Kier molecular flexibility index (Phi) is 4.24. The third-order valence-corrected chi connectivity index (χ3v) is 4.90. The van der Waals surface area contributed by atoms with E-state index in [1.54, 1.807) is 30.6 Å². The standard InChI is InChI=1S/C22H16FN5O2/c1-14-4-2-3-5-17(14)21-24-20(30-26-21)13-27-10-11-28-19(22(27)29)12-18(25-28)15-6-8-16(23)9-7-15/h2-12H,13H2,1H3. The van der Waals surface area contributed by atoms with Gasteiger partial charge in [0.15, 0.2) is 0 Å². The minimum absolute atomic E-state index is 0.144. The van der Waals surface area contributed by atoms with Crippen molar-refractivity contribution in [3.8, 4) is 22.6 Å². The molecule has 0 saturated carbocycles. The van der Waals surface area contributed by atoms with Crippen molar-refractivity contribution in [2.45, 2.75) is 13.5 Å². The summed E-state index contributed by atoms with van der Waals surface area (Å²) >= 11 is 0. The molecule has 3 heterocycles. The Morgan fingerprint density at radius 1 is 1.07 bits per heavy atom. The molecule has 3 aromatic heterocycles. The molecular weight excluding hydrogens is 385 g/mol. The third-order valence-electron chi connectivity index (χ3n) is 4.90. The molecule has 0 spiro atoms. The number of halogens is 1. The number of hydrogen-bond donors (Lipinski definition) is 0. The summed E-state index contributed by atoms with van der Waals surface area (Å²) in [5, 5.41) is 8.44. The van der Waals surface area contributed by atoms with E-state index in [0.29, 0.717) is 22.9 Å². The highest BCUT2D eigenvalue weighted by molar-refractivity contribution is 5.65. The second-order valence-electron chi connectivity index (χ2n) is 6.92. The van der Waals surface area contributed by atoms with Crippen molar-refractivity contribution in [3.63, 3.8) is 0 Å². The normalized spacial score (nSPS) is 11.3. The lowest BCUT2D eigenvalue weighted by Gasteiger charge is -2.02. The second kappa shape index (κ2) is 7.07. The zero-order valence-electron chi connectivity index (χ0n) is 16.0. The fourth-order valence-electron chi connectivity index (χ4n) is 3.31. The van der Waals surface area contributed by atoms with Crippen LogP contribution in [-0.2, 0) is 6.54 Å². The molecule has 2 aromatic carbocycles. The summed E-state index contributed by atoms with van der Waals surface area (Å²) in [6, 6.07) is 15.4. The first-order valence-electron chi connectivity index (χ1n) is 9.32. The molecule has 5 rings (SSSR count). The Bertz CT molecular complexity index is 1420. The summed E-state index contributed by atoms with van der Waals surface area (Å²) in [6.45, 7) is 2.12. The van der Waals surface area contributed by atoms with Gasteiger partial charge in [-0.15, -0.1) is 0 Å². The van der Waals surface area contributed by atoms with Crippen LogP contribution in [0.15, 0.2) is 76.3 Å². The van der Waals surface area contributed by atoms with Crippen LogP contribution in [0.25, 0.3) is 28.2 Å². The van der Waals surface area contributed by atoms with Gasteiger partial charge in [-0.1, -0.05) is 29.4 Å². The molecule has 0 radical (unpaired) electrons. The first-order chi connectivity index (χ1) is 14.6. The van der Waals surface area contributed by atoms with Gasteiger partial charge in [0.1, 0.15) is 17.9 Å². The molecule has 7 nitrogen and oxygen atoms in total. The van der Waals surface area contributed by atoms with Crippen molar-refractivity contribution in [2.75, 3.05) is 0 Å². The Labute approximate surface area is 170 Å². The average Bonchev–Trinajstić information content (AvgIpc) is 3.39. The molecule has 0 amide bonds. The van der Waals surface area contributed by atoms with Crippen LogP contribution < -0.4 is 5.56 Å². The molecule has 0 saturated heterocycles. The molecule has 148 valence electrons. The van der Waals surface area contributed by atoms with Gasteiger partial charge in [-0.3, -0.25) is 4.79 Å². The van der Waals surface area contributed by atoms with E-state index in [0.717, 1.165) is 16.7 Å². The van der Waals surface area contributed by atoms with Crippen molar-refractivity contribution in [1.29, 1.82) is 0 Å². The lowest BCUT2D eigenvalue weighted by Crippen LogP contribution is -2.21. The van der Waals surface area contributed by atoms with Crippen LogP contribution in [-0.4, -0.2) is 24.3 Å². The van der Waals surface area contributed by atoms with Crippen LogP contribution in [0.5, 0.6) is 0 Å². The quantitative estimate of drug-likeness (QED) is 0.459. The lowest BCUT2D eigenvalue weighted by molar-refractivity contribution is 0.370. The van der Waals surface area contributed by atoms with Crippen molar-refractivity contribution in [3.05, 3.63) is 94.6 Å². The van der Waals surface area contributed by atoms with E-state index in [4.69, 9.17) is 4.52 Å². The smallest absolute Gasteiger partial charge is 0.277 e. The van der Waals surface area contributed by atoms with E-state index in [2.05, 4.69) is 15.2 Å². The third kappa shape index (κ3) is 3.18. The molecule has 0 aliphatic carbocycles. The maximum absolute atomic E-state index is 13.2. The maximum atomic E-state index is 13.2. The number of fused-ring (bicyclic) bond motifs is 1. The largest absolute Gasteiger partial charge is 0.337 e. The predicted octanol–water partition coefficient (Wildman–Crippen LogP) is 3.71. The van der Waals surface area contributed by atoms with Gasteiger partial charge in [-0.2, -0.15) is 10.1 Å². The SMILES string of the molecule is Cc1ccccc1-c1noc(Cn2ccn3nc(-c4ccc(F)cc4)cc3c2=O)n1. The molecule has 0 N–H and O–H groups in total. The summed E-state index contributed by atoms with van der Waals surface area (Å²) in [6.07, 6.45) is 3.30. The van der Waals surface area contributed by atoms with Gasteiger partial charge >= 0.3 is 0 Å². The minimum atomic E-state index is -0.325. The van der Waals surface area contributed by atoms with Gasteiger partial charge < -0.3 is 9.09 Å². The summed E-state index contributed by atoms with van der Waals surface area (Å²) in [5.41, 5.74) is 3.39. The van der Waals surface area contributed by atoms with E-state index in [-0.39, 0.29) is 17.9 Å². The van der Waals surface area contributed by atoms with Crippen LogP contribution in [0.2, 0.25) is 0 Å². The van der Waals surface area contributed by atoms with E-state index < -0.39 is 0 Å². The van der Waals surface area contributed by atoms with Gasteiger partial charge in [-0.25, -0.2) is 8.91 Å². The van der Waals surface area contributed by atoms with Crippen LogP contribution >= 0.6 is 0 Å². The summed E-state index contributed by atoms with van der Waals surface area (Å²) in [7, 11) is 0. The zero-order chi connectivity index (χ0) is 20.7. The van der Waals surface area contributed by atoms with Gasteiger partial charge in [0.2, 0.25) is 11.7 Å². The number of aromatic nitrogens is 5. The number of nitrogens with zero attached hydrogens (tertiary/aromatic N) is 5. The van der Waals surface area contributed by atoms with E-state index in [1.165, 1.54) is 21.2 Å². The van der Waals surface area contributed by atoms with Crippen molar-refractivity contribution in [2.24, 2.45) is 0 Å². The topological polar surface area (TPSA) is 78.2 Å². The van der Waals surface area contributed by atoms with Crippen LogP contribution in [0, 0.1) is 12.7 Å². The van der Waals surface area contributed by atoms with Crippen molar-refractivity contribution >= 4 is 5.52 Å². The molecule has 0 atom stereocenters. The molecule has 30 heavy (non-hydrogen) atoms. The van der Waals surface area contributed by atoms with Crippen molar-refractivity contribution < 1.29 is 8.91 Å². The maximum Gasteiger partial charge on any atom is 0.277 e. The number of aryl methyl sites for hydroxylation is 1. The van der Waals surface area contributed by atoms with E-state index in [9.17, 15) is 9.18 Å². The number of hydrogen-bond acceptors (Lipinski definition) is 5. The zero-order valence-corrected chi connectivity index (χ0v) is 16.0. The van der Waals surface area contributed by atoms with Crippen LogP contribution in [0.4, 0.5) is 4.39 Å². The molecule has 0 fully saturated rings. The Hall–Kier alpha value is -4.07. The second-order valence-corrected chi connectivity index (χ2v) is 6.92. The van der Waals surface area contributed by atoms with E-state index in [1.807, 2.05) is 31.2 Å². The molecule has 8 heteroatoms. The highest BCUT2D eigenvalue weighted by Crippen LogP contribution is 2.21. The Morgan fingerprint density at radius 3 is 2.67 bits per heavy atom. The molecule has 0 aliphatic heterocycles. The van der Waals surface area contributed by atoms with Gasteiger partial charge in [0.25, 0.3) is 5.56 Å². The number of rotatable bonds is 4. The summed E-state index contributed by atoms with van der Waals surface area (Å²) < 4.78 is 21.5. The van der Waals surface area contributed by atoms with Gasteiger partial charge in [-0.05, 0) is 42.8 Å². The first kappa shape index (κ1) is 18.0. The molecule has 0 unspecified atom stereocenters. The Balaban J connectivity index is 1.47. The first-order valence-corrected chi connectivity index (χ1v) is 9.32. The Morgan fingerprint density at radius 2 is 1.87 bits per heavy atom. The molecular formula is C22H16FN5O2. The molecule has 0 bridgehead atoms. The highest BCUT2D eigenvalue weighted by Gasteiger charge is 2.14. The number of benzene rings is 2. The molecule has 0 aliphatic rings. The minimum Gasteiger partial charge on any atom is -0.337 e. The summed E-state index contributed by atoms with van der Waals surface area (Å²) in [5.74, 6) is 0.493. The van der Waals surface area contributed by atoms with Crippen LogP contribution in [0.1, 0.15) is 11.5 Å². The van der Waals surface area contributed by atoms with Gasteiger partial charge in [0, 0.05) is 23.5 Å². The highest BCUT2D eigenvalue weighted by atomic mass is 19.1. The fraction of sp³-hybridized carbons (Fsp3) is 0.0909. The van der Waals surface area contributed by atoms with Crippen molar-refractivity contribution in [1.82, 2.24) is 24.3 Å². The van der Waals surface area contributed by atoms with Gasteiger partial charge in [0.05, 0.1) is 5.69 Å². The lowest BCUT2D eigenvalue weighted by atomic mass is 10.1. The fourth-order valence-corrected chi connectivity index (χ4v) is 3.31. The predicted molar refractivity (Wildman–Crippen MR) is 108 cm³/mol. The summed E-state index contributed by atoms with van der Waals surface area (Å²) in [4.78, 5) is 17.3.